The van der Waals surface area contributed by atoms with Gasteiger partial charge >= 0.3 is 5.63 Å². The maximum atomic E-state index is 11.4. The molecule has 0 aliphatic heterocycles. The summed E-state index contributed by atoms with van der Waals surface area (Å²) < 4.78 is 10.1. The van der Waals surface area contributed by atoms with Crippen LogP contribution in [0.1, 0.15) is 12.5 Å². The van der Waals surface area contributed by atoms with Gasteiger partial charge in [0.25, 0.3) is 0 Å². The van der Waals surface area contributed by atoms with E-state index in [1.165, 1.54) is 13.0 Å². The van der Waals surface area contributed by atoms with E-state index in [2.05, 4.69) is 0 Å². The van der Waals surface area contributed by atoms with Crippen LogP contribution in [0.15, 0.2) is 33.5 Å². The van der Waals surface area contributed by atoms with Gasteiger partial charge in [-0.2, -0.15) is 0 Å². The fourth-order valence-electron chi connectivity index (χ4n) is 1.75. The van der Waals surface area contributed by atoms with Gasteiger partial charge in [-0.15, -0.1) is 0 Å². The van der Waals surface area contributed by atoms with Crippen LogP contribution in [0.2, 0.25) is 0 Å². The first-order valence-corrected chi connectivity index (χ1v) is 5.20. The minimum absolute atomic E-state index is 0.00715. The minimum Gasteiger partial charge on any atom is -0.497 e. The Morgan fingerprint density at radius 1 is 1.35 bits per heavy atom. The number of fused-ring (bicyclic) bond motifs is 1. The lowest BCUT2D eigenvalue weighted by Gasteiger charge is -2.05. The summed E-state index contributed by atoms with van der Waals surface area (Å²) in [4.78, 5) is 22.5. The maximum Gasteiger partial charge on any atom is 0.336 e. The van der Waals surface area contributed by atoms with E-state index in [0.29, 0.717) is 16.9 Å². The number of ether oxygens (including phenoxy) is 1. The van der Waals surface area contributed by atoms with E-state index in [4.69, 9.17) is 9.15 Å². The Hall–Kier alpha value is -2.10. The molecule has 0 amide bonds. The van der Waals surface area contributed by atoms with Gasteiger partial charge in [-0.3, -0.25) is 4.79 Å². The summed E-state index contributed by atoms with van der Waals surface area (Å²) in [5.74, 6) is 0.619. The lowest BCUT2D eigenvalue weighted by molar-refractivity contribution is -0.116. The molecule has 17 heavy (non-hydrogen) atoms. The standard InChI is InChI=1S/C13H12O4/c1-8(14)5-9-6-13(15)17-12-7-10(16-2)3-4-11(9)12/h3-4,6-7H,5H2,1-2H3. The van der Waals surface area contributed by atoms with Crippen molar-refractivity contribution in [2.45, 2.75) is 13.3 Å². The molecule has 88 valence electrons. The Morgan fingerprint density at radius 2 is 2.12 bits per heavy atom. The van der Waals surface area contributed by atoms with Gasteiger partial charge in [-0.25, -0.2) is 4.79 Å². The molecule has 2 rings (SSSR count). The Labute approximate surface area is 97.8 Å². The van der Waals surface area contributed by atoms with E-state index >= 15 is 0 Å². The summed E-state index contributed by atoms with van der Waals surface area (Å²) in [5.41, 5.74) is 0.668. The number of methoxy groups -OCH3 is 1. The molecule has 1 aromatic carbocycles. The molecule has 0 spiro atoms. The first-order valence-electron chi connectivity index (χ1n) is 5.20. The van der Waals surface area contributed by atoms with E-state index in [9.17, 15) is 9.59 Å². The molecule has 0 fully saturated rings. The third kappa shape index (κ3) is 2.36. The van der Waals surface area contributed by atoms with Crippen LogP contribution in [0.4, 0.5) is 0 Å². The summed E-state index contributed by atoms with van der Waals surface area (Å²) in [6.45, 7) is 1.49. The zero-order valence-corrected chi connectivity index (χ0v) is 9.65. The molecule has 1 aromatic heterocycles. The van der Waals surface area contributed by atoms with E-state index < -0.39 is 5.63 Å². The fraction of sp³-hybridized carbons (Fsp3) is 0.231. The number of Topliss-reactive ketones (excluding diaryl/α,β-unsaturated/α-hetero) is 1. The van der Waals surface area contributed by atoms with Crippen molar-refractivity contribution in [3.63, 3.8) is 0 Å². The predicted octanol–water partition coefficient (Wildman–Crippen LogP) is 1.93. The highest BCUT2D eigenvalue weighted by Gasteiger charge is 2.08. The smallest absolute Gasteiger partial charge is 0.336 e. The van der Waals surface area contributed by atoms with Crippen LogP contribution in [-0.2, 0) is 11.2 Å². The quantitative estimate of drug-likeness (QED) is 0.759. The third-order valence-corrected chi connectivity index (χ3v) is 2.48. The Balaban J connectivity index is 2.67. The van der Waals surface area contributed by atoms with Crippen molar-refractivity contribution in [2.24, 2.45) is 0 Å². The normalized spacial score (nSPS) is 10.5. The average Bonchev–Trinajstić information content (AvgIpc) is 2.27. The highest BCUT2D eigenvalue weighted by atomic mass is 16.5. The molecule has 0 unspecified atom stereocenters. The largest absolute Gasteiger partial charge is 0.497 e. The van der Waals surface area contributed by atoms with Gasteiger partial charge in [0.05, 0.1) is 7.11 Å². The molecule has 0 saturated carbocycles. The Bertz CT molecular complexity index is 625. The van der Waals surface area contributed by atoms with Crippen molar-refractivity contribution in [1.29, 1.82) is 0 Å². The van der Waals surface area contributed by atoms with Gasteiger partial charge in [0.15, 0.2) is 0 Å². The molecule has 0 saturated heterocycles. The van der Waals surface area contributed by atoms with Gasteiger partial charge in [0, 0.05) is 23.9 Å². The molecule has 1 heterocycles. The van der Waals surface area contributed by atoms with Crippen LogP contribution in [0, 0.1) is 0 Å². The monoisotopic (exact) mass is 232 g/mol. The first-order chi connectivity index (χ1) is 8.10. The zero-order chi connectivity index (χ0) is 12.4. The summed E-state index contributed by atoms with van der Waals surface area (Å²) in [6.07, 6.45) is 0.231. The first kappa shape index (κ1) is 11.4. The lowest BCUT2D eigenvalue weighted by atomic mass is 10.1. The molecular formula is C13H12O4. The molecule has 4 nitrogen and oxygen atoms in total. The minimum atomic E-state index is -0.456. The highest BCUT2D eigenvalue weighted by molar-refractivity contribution is 5.87. The second kappa shape index (κ2) is 4.41. The number of ketones is 1. The Kier molecular flexibility index (Phi) is 2.95. The lowest BCUT2D eigenvalue weighted by Crippen LogP contribution is -2.04. The maximum absolute atomic E-state index is 11.4. The molecule has 4 heteroatoms. The number of hydrogen-bond donors (Lipinski definition) is 0. The molecule has 0 aliphatic rings. The number of benzene rings is 1. The van der Waals surface area contributed by atoms with E-state index in [1.807, 2.05) is 0 Å². The molecule has 2 aromatic rings. The number of carbonyl (C=O) groups is 1. The van der Waals surface area contributed by atoms with Crippen molar-refractivity contribution in [2.75, 3.05) is 7.11 Å². The zero-order valence-electron chi connectivity index (χ0n) is 9.65. The van der Waals surface area contributed by atoms with Crippen LogP contribution in [0.5, 0.6) is 5.75 Å². The molecule has 0 N–H and O–H groups in total. The predicted molar refractivity (Wildman–Crippen MR) is 63.4 cm³/mol. The van der Waals surface area contributed by atoms with Gasteiger partial charge in [0.1, 0.15) is 17.1 Å². The molecule has 0 aliphatic carbocycles. The van der Waals surface area contributed by atoms with Crippen molar-refractivity contribution in [1.82, 2.24) is 0 Å². The summed E-state index contributed by atoms with van der Waals surface area (Å²) in [6, 6.07) is 6.55. The van der Waals surface area contributed by atoms with Crippen molar-refractivity contribution in [3.8, 4) is 5.75 Å². The number of carbonyl (C=O) groups excluding carboxylic acids is 1. The van der Waals surface area contributed by atoms with Crippen LogP contribution in [0.25, 0.3) is 11.0 Å². The van der Waals surface area contributed by atoms with Crippen LogP contribution < -0.4 is 10.4 Å². The molecular weight excluding hydrogens is 220 g/mol. The summed E-state index contributed by atoms with van der Waals surface area (Å²) in [5, 5.41) is 0.764. The Morgan fingerprint density at radius 3 is 2.76 bits per heavy atom. The molecule has 0 atom stereocenters. The average molecular weight is 232 g/mol. The topological polar surface area (TPSA) is 56.5 Å². The van der Waals surface area contributed by atoms with Crippen LogP contribution in [0.3, 0.4) is 0 Å². The number of rotatable bonds is 3. The fourth-order valence-corrected chi connectivity index (χ4v) is 1.75. The van der Waals surface area contributed by atoms with Gasteiger partial charge in [-0.1, -0.05) is 0 Å². The third-order valence-electron chi connectivity index (χ3n) is 2.48. The van der Waals surface area contributed by atoms with E-state index in [0.717, 1.165) is 5.39 Å². The molecule has 0 bridgehead atoms. The van der Waals surface area contributed by atoms with Crippen molar-refractivity contribution in [3.05, 3.63) is 40.2 Å². The van der Waals surface area contributed by atoms with Crippen LogP contribution >= 0.6 is 0 Å². The summed E-state index contributed by atoms with van der Waals surface area (Å²) in [7, 11) is 1.54. The van der Waals surface area contributed by atoms with E-state index in [1.54, 1.807) is 25.3 Å². The summed E-state index contributed by atoms with van der Waals surface area (Å²) >= 11 is 0. The van der Waals surface area contributed by atoms with Gasteiger partial charge in [0.2, 0.25) is 0 Å². The van der Waals surface area contributed by atoms with Gasteiger partial charge < -0.3 is 9.15 Å². The van der Waals surface area contributed by atoms with Crippen molar-refractivity contribution >= 4 is 16.8 Å². The van der Waals surface area contributed by atoms with E-state index in [-0.39, 0.29) is 12.2 Å². The van der Waals surface area contributed by atoms with Gasteiger partial charge in [-0.05, 0) is 24.6 Å². The second-order valence-electron chi connectivity index (χ2n) is 3.83. The van der Waals surface area contributed by atoms with Crippen LogP contribution in [-0.4, -0.2) is 12.9 Å². The van der Waals surface area contributed by atoms with Crippen molar-refractivity contribution < 1.29 is 13.9 Å². The number of hydrogen-bond acceptors (Lipinski definition) is 4. The second-order valence-corrected chi connectivity index (χ2v) is 3.83. The molecule has 0 radical (unpaired) electrons. The highest BCUT2D eigenvalue weighted by Crippen LogP contribution is 2.22. The SMILES string of the molecule is COc1ccc2c(CC(C)=O)cc(=O)oc2c1.